The summed E-state index contributed by atoms with van der Waals surface area (Å²) < 4.78 is 0. The molecule has 0 aliphatic heterocycles. The van der Waals surface area contributed by atoms with E-state index in [0.29, 0.717) is 11.1 Å². The Labute approximate surface area is 120 Å². The zero-order valence-electron chi connectivity index (χ0n) is 10.9. The van der Waals surface area contributed by atoms with Crippen LogP contribution in [0.4, 0.5) is 0 Å². The van der Waals surface area contributed by atoms with Crippen molar-refractivity contribution in [1.29, 1.82) is 0 Å². The van der Waals surface area contributed by atoms with Gasteiger partial charge in [-0.15, -0.1) is 17.9 Å². The molecule has 0 saturated heterocycles. The van der Waals surface area contributed by atoms with Crippen LogP contribution in [-0.2, 0) is 12.8 Å². The van der Waals surface area contributed by atoms with Gasteiger partial charge in [0.2, 0.25) is 0 Å². The second kappa shape index (κ2) is 5.13. The van der Waals surface area contributed by atoms with E-state index in [-0.39, 0.29) is 5.56 Å². The number of aromatic amines is 1. The molecule has 0 aromatic carbocycles. The lowest BCUT2D eigenvalue weighted by Gasteiger charge is -2.17. The highest BCUT2D eigenvalue weighted by molar-refractivity contribution is 7.99. The molecular weight excluding hydrogens is 276 g/mol. The normalized spacial score (nSPS) is 18.5. The number of thioether (sulfide) groups is 1. The summed E-state index contributed by atoms with van der Waals surface area (Å²) in [6.07, 6.45) is 5.09. The van der Waals surface area contributed by atoms with Crippen molar-refractivity contribution >= 4 is 33.3 Å². The topological polar surface area (TPSA) is 45.8 Å². The van der Waals surface area contributed by atoms with E-state index in [1.54, 1.807) is 11.3 Å². The maximum absolute atomic E-state index is 12.2. The van der Waals surface area contributed by atoms with Crippen LogP contribution in [0.2, 0.25) is 0 Å². The predicted octanol–water partition coefficient (Wildman–Crippen LogP) is 3.39. The van der Waals surface area contributed by atoms with Crippen LogP contribution >= 0.6 is 23.1 Å². The van der Waals surface area contributed by atoms with E-state index in [2.05, 4.69) is 23.5 Å². The molecule has 1 N–H and O–H groups in total. The average molecular weight is 292 g/mol. The molecule has 0 unspecified atom stereocenters. The van der Waals surface area contributed by atoms with Crippen molar-refractivity contribution in [2.45, 2.75) is 31.3 Å². The van der Waals surface area contributed by atoms with Crippen LogP contribution in [0, 0.1) is 5.92 Å². The Kier molecular flexibility index (Phi) is 3.50. The fourth-order valence-corrected chi connectivity index (χ4v) is 4.57. The van der Waals surface area contributed by atoms with Gasteiger partial charge in [0.15, 0.2) is 5.16 Å². The fraction of sp³-hybridized carbons (Fsp3) is 0.429. The van der Waals surface area contributed by atoms with Gasteiger partial charge in [-0.25, -0.2) is 4.98 Å². The van der Waals surface area contributed by atoms with Gasteiger partial charge in [-0.3, -0.25) is 4.79 Å². The first kappa shape index (κ1) is 12.9. The molecule has 2 aromatic heterocycles. The molecule has 1 aliphatic rings. The van der Waals surface area contributed by atoms with Gasteiger partial charge in [0.05, 0.1) is 5.39 Å². The Balaban J connectivity index is 2.11. The van der Waals surface area contributed by atoms with Gasteiger partial charge in [-0.2, -0.15) is 0 Å². The van der Waals surface area contributed by atoms with Gasteiger partial charge in [0.25, 0.3) is 5.56 Å². The van der Waals surface area contributed by atoms with Crippen LogP contribution < -0.4 is 5.56 Å². The highest BCUT2D eigenvalue weighted by Gasteiger charge is 2.22. The smallest absolute Gasteiger partial charge is 0.260 e. The van der Waals surface area contributed by atoms with Gasteiger partial charge in [0, 0.05) is 10.6 Å². The molecule has 19 heavy (non-hydrogen) atoms. The van der Waals surface area contributed by atoms with Gasteiger partial charge in [0.1, 0.15) is 4.83 Å². The lowest BCUT2D eigenvalue weighted by Crippen LogP contribution is -2.13. The van der Waals surface area contributed by atoms with Crippen molar-refractivity contribution in [3.63, 3.8) is 0 Å². The first-order chi connectivity index (χ1) is 9.19. The third kappa shape index (κ3) is 2.37. The number of aromatic nitrogens is 2. The molecular formula is C14H16N2OS2. The first-order valence-electron chi connectivity index (χ1n) is 6.47. The molecule has 0 saturated carbocycles. The summed E-state index contributed by atoms with van der Waals surface area (Å²) in [6.45, 7) is 5.96. The predicted molar refractivity (Wildman–Crippen MR) is 82.4 cm³/mol. The summed E-state index contributed by atoms with van der Waals surface area (Å²) in [5, 5.41) is 1.53. The molecule has 2 heterocycles. The second-order valence-electron chi connectivity index (χ2n) is 5.00. The largest absolute Gasteiger partial charge is 0.301 e. The number of H-pyrrole nitrogens is 1. The molecule has 3 nitrogen and oxygen atoms in total. The van der Waals surface area contributed by atoms with E-state index in [9.17, 15) is 4.79 Å². The van der Waals surface area contributed by atoms with Crippen LogP contribution in [0.15, 0.2) is 22.6 Å². The minimum atomic E-state index is 0.0172. The van der Waals surface area contributed by atoms with Crippen LogP contribution in [0.25, 0.3) is 10.2 Å². The number of fused-ring (bicyclic) bond motifs is 3. The molecule has 3 rings (SSSR count). The van der Waals surface area contributed by atoms with Crippen LogP contribution in [0.5, 0.6) is 0 Å². The number of aryl methyl sites for hydroxylation is 1. The van der Waals surface area contributed by atoms with Crippen molar-refractivity contribution in [3.05, 3.63) is 33.4 Å². The molecule has 0 spiro atoms. The van der Waals surface area contributed by atoms with Crippen molar-refractivity contribution in [1.82, 2.24) is 9.97 Å². The van der Waals surface area contributed by atoms with Crippen LogP contribution in [0.1, 0.15) is 23.8 Å². The lowest BCUT2D eigenvalue weighted by molar-refractivity contribution is 0.509. The van der Waals surface area contributed by atoms with Crippen molar-refractivity contribution in [2.75, 3.05) is 5.75 Å². The second-order valence-corrected chi connectivity index (χ2v) is 7.10. The monoisotopic (exact) mass is 292 g/mol. The first-order valence-corrected chi connectivity index (χ1v) is 8.27. The summed E-state index contributed by atoms with van der Waals surface area (Å²) in [5.41, 5.74) is 1.26. The van der Waals surface area contributed by atoms with E-state index in [0.717, 1.165) is 28.8 Å². The fourth-order valence-electron chi connectivity index (χ4n) is 2.54. The van der Waals surface area contributed by atoms with Crippen LogP contribution in [-0.4, -0.2) is 15.7 Å². The molecule has 0 bridgehead atoms. The molecule has 1 atom stereocenters. The van der Waals surface area contributed by atoms with Crippen molar-refractivity contribution in [3.8, 4) is 0 Å². The van der Waals surface area contributed by atoms with Crippen LogP contribution in [0.3, 0.4) is 0 Å². The highest BCUT2D eigenvalue weighted by atomic mass is 32.2. The number of nitrogens with one attached hydrogen (secondary N) is 1. The summed E-state index contributed by atoms with van der Waals surface area (Å²) in [6, 6.07) is 0. The third-order valence-corrected chi connectivity index (χ3v) is 5.50. The van der Waals surface area contributed by atoms with E-state index in [1.165, 1.54) is 28.6 Å². The minimum absolute atomic E-state index is 0.0172. The van der Waals surface area contributed by atoms with Gasteiger partial charge in [-0.1, -0.05) is 24.8 Å². The van der Waals surface area contributed by atoms with Gasteiger partial charge >= 0.3 is 0 Å². The van der Waals surface area contributed by atoms with E-state index < -0.39 is 0 Å². The van der Waals surface area contributed by atoms with Crippen molar-refractivity contribution < 1.29 is 0 Å². The SMILES string of the molecule is C=CCSc1nc2sc3c(c2c(=O)[nH]1)CC[C@@H](C)C3. The standard InChI is InChI=1S/C14H16N2OS2/c1-3-6-18-14-15-12(17)11-9-5-4-8(2)7-10(9)19-13(11)16-14/h3,8H,1,4-7H2,2H3,(H,15,16,17)/t8-/m1/s1. The number of nitrogens with zero attached hydrogens (tertiary/aromatic N) is 1. The number of hydrogen-bond donors (Lipinski definition) is 1. The Hall–Kier alpha value is -1.07. The Morgan fingerprint density at radius 1 is 1.63 bits per heavy atom. The zero-order chi connectivity index (χ0) is 13.4. The average Bonchev–Trinajstić information content (AvgIpc) is 2.73. The number of hydrogen-bond acceptors (Lipinski definition) is 4. The molecule has 2 aromatic rings. The van der Waals surface area contributed by atoms with Gasteiger partial charge in [-0.05, 0) is 30.7 Å². The van der Waals surface area contributed by atoms with E-state index in [1.807, 2.05) is 6.08 Å². The summed E-state index contributed by atoms with van der Waals surface area (Å²) in [4.78, 5) is 22.0. The van der Waals surface area contributed by atoms with E-state index in [4.69, 9.17) is 0 Å². The minimum Gasteiger partial charge on any atom is -0.301 e. The number of rotatable bonds is 3. The Morgan fingerprint density at radius 2 is 2.47 bits per heavy atom. The molecule has 1 aliphatic carbocycles. The molecule has 100 valence electrons. The Bertz CT molecular complexity index is 687. The lowest BCUT2D eigenvalue weighted by atomic mass is 9.89. The molecule has 0 fully saturated rings. The molecule has 0 amide bonds. The highest BCUT2D eigenvalue weighted by Crippen LogP contribution is 2.36. The Morgan fingerprint density at radius 3 is 3.26 bits per heavy atom. The molecule has 0 radical (unpaired) electrons. The number of thiophene rings is 1. The summed E-state index contributed by atoms with van der Waals surface area (Å²) in [7, 11) is 0. The summed E-state index contributed by atoms with van der Waals surface area (Å²) in [5.74, 6) is 1.48. The maximum atomic E-state index is 12.2. The van der Waals surface area contributed by atoms with Gasteiger partial charge < -0.3 is 4.98 Å². The molecule has 5 heteroatoms. The summed E-state index contributed by atoms with van der Waals surface area (Å²) >= 11 is 3.21. The maximum Gasteiger partial charge on any atom is 0.260 e. The van der Waals surface area contributed by atoms with Crippen molar-refractivity contribution in [2.24, 2.45) is 5.92 Å². The zero-order valence-corrected chi connectivity index (χ0v) is 12.5. The third-order valence-electron chi connectivity index (χ3n) is 3.48. The van der Waals surface area contributed by atoms with E-state index >= 15 is 0 Å². The quantitative estimate of drug-likeness (QED) is 0.536.